The molecule has 0 spiro atoms. The van der Waals surface area contributed by atoms with Crippen molar-refractivity contribution in [2.45, 2.75) is 27.0 Å². The van der Waals surface area contributed by atoms with Crippen LogP contribution in [0.15, 0.2) is 47.0 Å². The van der Waals surface area contributed by atoms with Crippen molar-refractivity contribution in [3.05, 3.63) is 80.7 Å². The molecular weight excluding hydrogens is 399 g/mol. The zero-order valence-corrected chi connectivity index (χ0v) is 17.3. The summed E-state index contributed by atoms with van der Waals surface area (Å²) in [6, 6.07) is 12.5. The van der Waals surface area contributed by atoms with Gasteiger partial charge in [0, 0.05) is 13.6 Å². The van der Waals surface area contributed by atoms with Crippen molar-refractivity contribution < 1.29 is 14.1 Å². The Bertz CT molecular complexity index is 982. The highest BCUT2D eigenvalue weighted by Crippen LogP contribution is 2.25. The first kappa shape index (κ1) is 20.2. The molecule has 0 saturated heterocycles. The maximum Gasteiger partial charge on any atom is 0.257 e. The van der Waals surface area contributed by atoms with Crippen LogP contribution in [0.25, 0.3) is 0 Å². The average molecular weight is 419 g/mol. The van der Waals surface area contributed by atoms with Crippen LogP contribution in [-0.2, 0) is 13.2 Å². The van der Waals surface area contributed by atoms with Gasteiger partial charge in [0.1, 0.15) is 18.1 Å². The summed E-state index contributed by atoms with van der Waals surface area (Å²) in [5.41, 5.74) is 3.03. The fourth-order valence-electron chi connectivity index (χ4n) is 2.82. The number of hydrogen-bond donors (Lipinski definition) is 0. The molecule has 3 aromatic rings. The van der Waals surface area contributed by atoms with Crippen LogP contribution in [0.2, 0.25) is 10.0 Å². The molecule has 0 atom stereocenters. The summed E-state index contributed by atoms with van der Waals surface area (Å²) < 4.78 is 11.1. The zero-order chi connectivity index (χ0) is 20.3. The lowest BCUT2D eigenvalue weighted by Gasteiger charge is -2.19. The Morgan fingerprint density at radius 1 is 1.14 bits per heavy atom. The molecule has 7 heteroatoms. The molecule has 0 aliphatic carbocycles. The van der Waals surface area contributed by atoms with E-state index >= 15 is 0 Å². The maximum atomic E-state index is 13.0. The van der Waals surface area contributed by atoms with Gasteiger partial charge in [-0.05, 0) is 43.7 Å². The molecule has 1 aromatic heterocycles. The number of nitrogens with zero attached hydrogens (tertiary/aromatic N) is 2. The molecular formula is C21H20Cl2N2O3. The molecule has 5 nitrogen and oxygen atoms in total. The summed E-state index contributed by atoms with van der Waals surface area (Å²) in [7, 11) is 1.73. The number of carbonyl (C=O) groups excluding carboxylic acids is 1. The monoisotopic (exact) mass is 418 g/mol. The van der Waals surface area contributed by atoms with Crippen molar-refractivity contribution in [2.24, 2.45) is 0 Å². The Balaban J connectivity index is 1.75. The SMILES string of the molecule is Cc1noc(C)c1COc1ccccc1C(=O)N(C)Cc1ccc(Cl)c(Cl)c1. The van der Waals surface area contributed by atoms with Crippen LogP contribution in [0.3, 0.4) is 0 Å². The van der Waals surface area contributed by atoms with Gasteiger partial charge in [0.15, 0.2) is 0 Å². The lowest BCUT2D eigenvalue weighted by Crippen LogP contribution is -2.26. The Morgan fingerprint density at radius 3 is 2.57 bits per heavy atom. The molecule has 0 saturated carbocycles. The number of halogens is 2. The number of rotatable bonds is 6. The standard InChI is InChI=1S/C21H20Cl2N2O3/c1-13-17(14(2)28-24-13)12-27-20-7-5-4-6-16(20)21(26)25(3)11-15-8-9-18(22)19(23)10-15/h4-10H,11-12H2,1-3H3. The first-order valence-electron chi connectivity index (χ1n) is 8.69. The fourth-order valence-corrected chi connectivity index (χ4v) is 3.14. The molecule has 0 radical (unpaired) electrons. The van der Waals surface area contributed by atoms with Gasteiger partial charge in [-0.3, -0.25) is 4.79 Å². The second kappa shape index (κ2) is 8.67. The van der Waals surface area contributed by atoms with E-state index < -0.39 is 0 Å². The summed E-state index contributed by atoms with van der Waals surface area (Å²) in [4.78, 5) is 14.6. The van der Waals surface area contributed by atoms with Crippen molar-refractivity contribution in [2.75, 3.05) is 7.05 Å². The van der Waals surface area contributed by atoms with E-state index in [0.717, 1.165) is 16.8 Å². The third kappa shape index (κ3) is 4.49. The van der Waals surface area contributed by atoms with E-state index in [-0.39, 0.29) is 12.5 Å². The topological polar surface area (TPSA) is 55.6 Å². The van der Waals surface area contributed by atoms with Gasteiger partial charge in [-0.1, -0.05) is 46.6 Å². The highest BCUT2D eigenvalue weighted by Gasteiger charge is 2.18. The third-order valence-electron chi connectivity index (χ3n) is 4.42. The Labute approximate surface area is 173 Å². The van der Waals surface area contributed by atoms with Crippen LogP contribution in [0.1, 0.15) is 32.9 Å². The fraction of sp³-hybridized carbons (Fsp3) is 0.238. The van der Waals surface area contributed by atoms with E-state index in [4.69, 9.17) is 32.5 Å². The number of amides is 1. The first-order chi connectivity index (χ1) is 13.4. The summed E-state index contributed by atoms with van der Waals surface area (Å²) in [6.45, 7) is 4.37. The molecule has 0 aliphatic rings. The predicted octanol–water partition coefficient (Wildman–Crippen LogP) is 5.45. The lowest BCUT2D eigenvalue weighted by molar-refractivity contribution is 0.0780. The van der Waals surface area contributed by atoms with Crippen molar-refractivity contribution in [1.82, 2.24) is 10.1 Å². The number of aryl methyl sites for hydroxylation is 2. The molecule has 2 aromatic carbocycles. The molecule has 1 amide bonds. The number of benzene rings is 2. The lowest BCUT2D eigenvalue weighted by atomic mass is 10.1. The van der Waals surface area contributed by atoms with Crippen LogP contribution in [0.5, 0.6) is 5.75 Å². The van der Waals surface area contributed by atoms with E-state index in [1.54, 1.807) is 36.2 Å². The van der Waals surface area contributed by atoms with Crippen LogP contribution >= 0.6 is 23.2 Å². The zero-order valence-electron chi connectivity index (χ0n) is 15.8. The largest absolute Gasteiger partial charge is 0.488 e. The van der Waals surface area contributed by atoms with E-state index in [2.05, 4.69) is 5.16 Å². The Hall–Kier alpha value is -2.50. The van der Waals surface area contributed by atoms with Crippen LogP contribution < -0.4 is 4.74 Å². The second-order valence-electron chi connectivity index (χ2n) is 6.50. The van der Waals surface area contributed by atoms with Crippen molar-refractivity contribution in [3.63, 3.8) is 0 Å². The van der Waals surface area contributed by atoms with Crippen molar-refractivity contribution in [3.8, 4) is 5.75 Å². The summed E-state index contributed by atoms with van der Waals surface area (Å²) in [6.07, 6.45) is 0. The van der Waals surface area contributed by atoms with Crippen LogP contribution in [0, 0.1) is 13.8 Å². The van der Waals surface area contributed by atoms with Gasteiger partial charge in [0.05, 0.1) is 26.9 Å². The quantitative estimate of drug-likeness (QED) is 0.533. The smallest absolute Gasteiger partial charge is 0.257 e. The van der Waals surface area contributed by atoms with E-state index in [0.29, 0.717) is 33.7 Å². The molecule has 146 valence electrons. The van der Waals surface area contributed by atoms with Gasteiger partial charge < -0.3 is 14.2 Å². The number of para-hydroxylation sites is 1. The van der Waals surface area contributed by atoms with Gasteiger partial charge in [-0.15, -0.1) is 0 Å². The molecule has 0 fully saturated rings. The van der Waals surface area contributed by atoms with Gasteiger partial charge >= 0.3 is 0 Å². The van der Waals surface area contributed by atoms with Gasteiger partial charge in [-0.2, -0.15) is 0 Å². The molecule has 1 heterocycles. The minimum atomic E-state index is -0.152. The van der Waals surface area contributed by atoms with E-state index in [9.17, 15) is 4.79 Å². The first-order valence-corrected chi connectivity index (χ1v) is 9.45. The normalized spacial score (nSPS) is 10.8. The second-order valence-corrected chi connectivity index (χ2v) is 7.31. The number of hydrogen-bond acceptors (Lipinski definition) is 4. The Kier molecular flexibility index (Phi) is 6.27. The summed E-state index contributed by atoms with van der Waals surface area (Å²) in [5.74, 6) is 1.06. The molecule has 0 bridgehead atoms. The number of ether oxygens (including phenoxy) is 1. The molecule has 0 N–H and O–H groups in total. The van der Waals surface area contributed by atoms with Gasteiger partial charge in [0.25, 0.3) is 5.91 Å². The number of carbonyl (C=O) groups is 1. The summed E-state index contributed by atoms with van der Waals surface area (Å²) >= 11 is 12.0. The third-order valence-corrected chi connectivity index (χ3v) is 5.16. The number of aromatic nitrogens is 1. The molecule has 0 aliphatic heterocycles. The van der Waals surface area contributed by atoms with Crippen molar-refractivity contribution >= 4 is 29.1 Å². The molecule has 3 rings (SSSR count). The highest BCUT2D eigenvalue weighted by molar-refractivity contribution is 6.42. The highest BCUT2D eigenvalue weighted by atomic mass is 35.5. The van der Waals surface area contributed by atoms with Crippen LogP contribution in [0.4, 0.5) is 0 Å². The van der Waals surface area contributed by atoms with Crippen LogP contribution in [-0.4, -0.2) is 23.0 Å². The average Bonchev–Trinajstić information content (AvgIpc) is 3.00. The van der Waals surface area contributed by atoms with Gasteiger partial charge in [0.2, 0.25) is 0 Å². The van der Waals surface area contributed by atoms with Gasteiger partial charge in [-0.25, -0.2) is 0 Å². The van der Waals surface area contributed by atoms with E-state index in [1.807, 2.05) is 32.0 Å². The Morgan fingerprint density at radius 2 is 1.89 bits per heavy atom. The molecule has 28 heavy (non-hydrogen) atoms. The molecule has 0 unspecified atom stereocenters. The minimum absolute atomic E-state index is 0.152. The minimum Gasteiger partial charge on any atom is -0.488 e. The van der Waals surface area contributed by atoms with E-state index in [1.165, 1.54) is 0 Å². The predicted molar refractivity (Wildman–Crippen MR) is 109 cm³/mol. The summed E-state index contributed by atoms with van der Waals surface area (Å²) in [5, 5.41) is 4.87. The van der Waals surface area contributed by atoms with Crippen molar-refractivity contribution in [1.29, 1.82) is 0 Å². The maximum absolute atomic E-state index is 13.0.